The molecule has 1 aromatic carbocycles. The summed E-state index contributed by atoms with van der Waals surface area (Å²) in [6, 6.07) is 8.81. The van der Waals surface area contributed by atoms with Crippen molar-refractivity contribution < 1.29 is 23.5 Å². The summed E-state index contributed by atoms with van der Waals surface area (Å²) in [5, 5.41) is 9.99. The summed E-state index contributed by atoms with van der Waals surface area (Å²) in [6.07, 6.45) is 3.87. The molecule has 2 aromatic heterocycles. The van der Waals surface area contributed by atoms with Crippen molar-refractivity contribution >= 4 is 23.4 Å². The number of halogens is 1. The SMILES string of the molecule is COC(=O)C1(C)CCC(C)(NC(=O)c2cc(C(=O)NCc3ccc(F)cc3)nc3ccnn23)CC1. The molecule has 1 saturated carbocycles. The van der Waals surface area contributed by atoms with E-state index in [-0.39, 0.29) is 29.7 Å². The lowest BCUT2D eigenvalue weighted by molar-refractivity contribution is -0.154. The van der Waals surface area contributed by atoms with Gasteiger partial charge < -0.3 is 15.4 Å². The highest BCUT2D eigenvalue weighted by Crippen LogP contribution is 2.41. The molecule has 0 radical (unpaired) electrons. The average Bonchev–Trinajstić information content (AvgIpc) is 3.33. The lowest BCUT2D eigenvalue weighted by atomic mass is 9.69. The van der Waals surface area contributed by atoms with Gasteiger partial charge in [0.15, 0.2) is 5.65 Å². The first kappa shape index (κ1) is 24.3. The summed E-state index contributed by atoms with van der Waals surface area (Å²) in [6.45, 7) is 4.01. The summed E-state index contributed by atoms with van der Waals surface area (Å²) in [5.41, 5.74) is 0.231. The van der Waals surface area contributed by atoms with Gasteiger partial charge in [-0.3, -0.25) is 14.4 Å². The first-order valence-corrected chi connectivity index (χ1v) is 11.4. The molecule has 2 N–H and O–H groups in total. The third kappa shape index (κ3) is 5.16. The summed E-state index contributed by atoms with van der Waals surface area (Å²) in [5.74, 6) is -1.46. The molecule has 10 heteroatoms. The van der Waals surface area contributed by atoms with Gasteiger partial charge in [0.25, 0.3) is 11.8 Å². The fraction of sp³-hybridized carbons (Fsp3) is 0.400. The molecule has 0 atom stereocenters. The van der Waals surface area contributed by atoms with Crippen molar-refractivity contribution in [3.05, 3.63) is 65.4 Å². The van der Waals surface area contributed by atoms with Crippen molar-refractivity contribution in [2.45, 2.75) is 51.6 Å². The highest BCUT2D eigenvalue weighted by atomic mass is 19.1. The predicted octanol–water partition coefficient (Wildman–Crippen LogP) is 3.04. The number of aromatic nitrogens is 3. The fourth-order valence-corrected chi connectivity index (χ4v) is 4.33. The Hall–Kier alpha value is -3.82. The minimum absolute atomic E-state index is 0.0670. The maximum atomic E-state index is 13.3. The second-order valence-corrected chi connectivity index (χ2v) is 9.50. The smallest absolute Gasteiger partial charge is 0.311 e. The molecule has 35 heavy (non-hydrogen) atoms. The molecule has 0 bridgehead atoms. The van der Waals surface area contributed by atoms with Gasteiger partial charge >= 0.3 is 5.97 Å². The predicted molar refractivity (Wildman–Crippen MR) is 125 cm³/mol. The van der Waals surface area contributed by atoms with E-state index >= 15 is 0 Å². The van der Waals surface area contributed by atoms with E-state index in [0.717, 1.165) is 5.56 Å². The number of carbonyl (C=O) groups excluding carboxylic acids is 3. The van der Waals surface area contributed by atoms with E-state index in [1.54, 1.807) is 18.2 Å². The van der Waals surface area contributed by atoms with Crippen LogP contribution in [0.4, 0.5) is 4.39 Å². The highest BCUT2D eigenvalue weighted by Gasteiger charge is 2.43. The van der Waals surface area contributed by atoms with Crippen LogP contribution < -0.4 is 10.6 Å². The second-order valence-electron chi connectivity index (χ2n) is 9.50. The molecule has 1 aliphatic rings. The van der Waals surface area contributed by atoms with Crippen LogP contribution in [0.15, 0.2) is 42.6 Å². The Balaban J connectivity index is 1.50. The van der Waals surface area contributed by atoms with Crippen LogP contribution in [0.1, 0.15) is 66.1 Å². The van der Waals surface area contributed by atoms with E-state index in [2.05, 4.69) is 20.7 Å². The van der Waals surface area contributed by atoms with Crippen LogP contribution in [0.5, 0.6) is 0 Å². The van der Waals surface area contributed by atoms with Crippen LogP contribution in [-0.2, 0) is 16.1 Å². The number of nitrogens with zero attached hydrogens (tertiary/aromatic N) is 3. The molecule has 0 unspecified atom stereocenters. The van der Waals surface area contributed by atoms with Gasteiger partial charge in [-0.15, -0.1) is 0 Å². The molecule has 184 valence electrons. The number of ether oxygens (including phenoxy) is 1. The third-order valence-corrected chi connectivity index (χ3v) is 6.74. The number of amides is 2. The summed E-state index contributed by atoms with van der Waals surface area (Å²) < 4.78 is 19.4. The summed E-state index contributed by atoms with van der Waals surface area (Å²) >= 11 is 0. The van der Waals surface area contributed by atoms with Gasteiger partial charge in [0.2, 0.25) is 0 Å². The maximum absolute atomic E-state index is 13.3. The van der Waals surface area contributed by atoms with Gasteiger partial charge in [0, 0.05) is 24.2 Å². The first-order valence-electron chi connectivity index (χ1n) is 11.4. The van der Waals surface area contributed by atoms with Crippen LogP contribution in [0.25, 0.3) is 5.65 Å². The number of nitrogens with one attached hydrogen (secondary N) is 2. The molecule has 0 spiro atoms. The van der Waals surface area contributed by atoms with Crippen LogP contribution in [-0.4, -0.2) is 45.0 Å². The normalized spacial score (nSPS) is 21.9. The zero-order chi connectivity index (χ0) is 25.2. The lowest BCUT2D eigenvalue weighted by Crippen LogP contribution is -2.51. The van der Waals surface area contributed by atoms with Crippen LogP contribution >= 0.6 is 0 Å². The monoisotopic (exact) mass is 481 g/mol. The van der Waals surface area contributed by atoms with Gasteiger partial charge in [-0.25, -0.2) is 13.9 Å². The molecule has 1 fully saturated rings. The van der Waals surface area contributed by atoms with E-state index in [0.29, 0.717) is 31.3 Å². The number of benzene rings is 1. The molecular weight excluding hydrogens is 453 g/mol. The Bertz CT molecular complexity index is 1260. The highest BCUT2D eigenvalue weighted by molar-refractivity contribution is 5.98. The molecule has 0 aliphatic heterocycles. The molecule has 0 saturated heterocycles. The zero-order valence-electron chi connectivity index (χ0n) is 19.9. The number of carbonyl (C=O) groups is 3. The van der Waals surface area contributed by atoms with Gasteiger partial charge in [-0.05, 0) is 57.2 Å². The van der Waals surface area contributed by atoms with Crippen molar-refractivity contribution in [1.82, 2.24) is 25.2 Å². The van der Waals surface area contributed by atoms with E-state index in [4.69, 9.17) is 4.74 Å². The molecule has 4 rings (SSSR count). The Morgan fingerprint density at radius 2 is 1.74 bits per heavy atom. The van der Waals surface area contributed by atoms with Crippen LogP contribution in [0.3, 0.4) is 0 Å². The Morgan fingerprint density at radius 1 is 1.06 bits per heavy atom. The number of hydrogen-bond acceptors (Lipinski definition) is 6. The molecule has 1 aliphatic carbocycles. The van der Waals surface area contributed by atoms with E-state index < -0.39 is 22.8 Å². The van der Waals surface area contributed by atoms with Crippen molar-refractivity contribution in [1.29, 1.82) is 0 Å². The number of esters is 1. The number of fused-ring (bicyclic) bond motifs is 1. The van der Waals surface area contributed by atoms with Crippen LogP contribution in [0.2, 0.25) is 0 Å². The fourth-order valence-electron chi connectivity index (χ4n) is 4.33. The minimum atomic E-state index is -0.569. The van der Waals surface area contributed by atoms with E-state index in [1.165, 1.54) is 36.0 Å². The van der Waals surface area contributed by atoms with Crippen molar-refractivity contribution in [2.24, 2.45) is 5.41 Å². The van der Waals surface area contributed by atoms with Gasteiger partial charge in [-0.2, -0.15) is 5.10 Å². The number of hydrogen-bond donors (Lipinski definition) is 2. The topological polar surface area (TPSA) is 115 Å². The molecule has 3 aromatic rings. The first-order chi connectivity index (χ1) is 16.6. The minimum Gasteiger partial charge on any atom is -0.469 e. The number of rotatable bonds is 6. The molecular formula is C25H28FN5O4. The quantitative estimate of drug-likeness (QED) is 0.523. The molecule has 2 amide bonds. The summed E-state index contributed by atoms with van der Waals surface area (Å²) in [4.78, 5) is 42.5. The number of methoxy groups -OCH3 is 1. The molecule has 9 nitrogen and oxygen atoms in total. The maximum Gasteiger partial charge on any atom is 0.311 e. The standard InChI is InChI=1S/C25H28FN5O4/c1-24(23(34)35-3)9-11-25(2,12-10-24)30-22(33)19-14-18(29-20-8-13-28-31(19)20)21(32)27-15-16-4-6-17(26)7-5-16/h4-8,13-14H,9-12,15H2,1-3H3,(H,27,32)(H,30,33). The Labute approximate surface area is 202 Å². The van der Waals surface area contributed by atoms with Crippen molar-refractivity contribution in [3.63, 3.8) is 0 Å². The van der Waals surface area contributed by atoms with Crippen molar-refractivity contribution in [3.8, 4) is 0 Å². The Morgan fingerprint density at radius 3 is 2.40 bits per heavy atom. The third-order valence-electron chi connectivity index (χ3n) is 6.74. The van der Waals surface area contributed by atoms with E-state index in [1.807, 2.05) is 13.8 Å². The van der Waals surface area contributed by atoms with E-state index in [9.17, 15) is 18.8 Å². The van der Waals surface area contributed by atoms with Gasteiger partial charge in [0.05, 0.1) is 18.7 Å². The lowest BCUT2D eigenvalue weighted by Gasteiger charge is -2.41. The summed E-state index contributed by atoms with van der Waals surface area (Å²) in [7, 11) is 1.38. The Kier molecular flexibility index (Phi) is 6.56. The van der Waals surface area contributed by atoms with Crippen molar-refractivity contribution in [2.75, 3.05) is 7.11 Å². The van der Waals surface area contributed by atoms with Gasteiger partial charge in [-0.1, -0.05) is 12.1 Å². The molecule has 2 heterocycles. The largest absolute Gasteiger partial charge is 0.469 e. The van der Waals surface area contributed by atoms with Crippen LogP contribution in [0, 0.1) is 11.2 Å². The zero-order valence-corrected chi connectivity index (χ0v) is 19.9. The second kappa shape index (κ2) is 9.44. The van der Waals surface area contributed by atoms with Gasteiger partial charge in [0.1, 0.15) is 17.2 Å². The average molecular weight is 482 g/mol.